The summed E-state index contributed by atoms with van der Waals surface area (Å²) >= 11 is 0. The van der Waals surface area contributed by atoms with Crippen LogP contribution in [0.5, 0.6) is 5.75 Å². The molecule has 224 valence electrons. The first-order chi connectivity index (χ1) is 19.6. The van der Waals surface area contributed by atoms with Crippen LogP contribution in [0.3, 0.4) is 0 Å². The highest BCUT2D eigenvalue weighted by molar-refractivity contribution is 5.93. The molecular weight excluding hydrogens is 526 g/mol. The summed E-state index contributed by atoms with van der Waals surface area (Å²) in [6, 6.07) is 4.66. The van der Waals surface area contributed by atoms with Crippen LogP contribution < -0.4 is 15.4 Å². The summed E-state index contributed by atoms with van der Waals surface area (Å²) in [5.74, 6) is 0.758. The van der Waals surface area contributed by atoms with Gasteiger partial charge in [-0.1, -0.05) is 31.3 Å². The SMILES string of the molecule is Cc1noc(C)c1NC(=O)N(C)C[C@H]1Oc2ccc(NC(=O)C3CCCCC3)cc2CC(=O)N([C@H](C)CO)C[C@H]1C. The molecule has 3 N–H and O–H groups in total. The second kappa shape index (κ2) is 13.4. The lowest BCUT2D eigenvalue weighted by molar-refractivity contribution is -0.134. The number of nitrogens with zero attached hydrogens (tertiary/aromatic N) is 3. The van der Waals surface area contributed by atoms with Crippen molar-refractivity contribution in [1.29, 1.82) is 0 Å². The number of aliphatic hydroxyl groups excluding tert-OH is 1. The normalized spacial score (nSPS) is 20.6. The van der Waals surface area contributed by atoms with Gasteiger partial charge in [0.1, 0.15) is 23.2 Å². The summed E-state index contributed by atoms with van der Waals surface area (Å²) in [5.41, 5.74) is 2.39. The average Bonchev–Trinajstić information content (AvgIpc) is 3.29. The standard InChI is InChI=1S/C30H43N5O6/c1-18-15-35(19(2)17-36)27(37)14-23-13-24(31-29(38)22-9-7-6-8-10-22)11-12-25(23)40-26(18)16-34(5)30(39)32-28-20(3)33-41-21(28)4/h11-13,18-19,22,26,36H,6-10,14-17H2,1-5H3,(H,31,38)(H,32,39)/t18-,19-,26-/m1/s1. The van der Waals surface area contributed by atoms with Gasteiger partial charge in [-0.3, -0.25) is 9.59 Å². The van der Waals surface area contributed by atoms with Crippen molar-refractivity contribution in [2.45, 2.75) is 78.4 Å². The number of aliphatic hydroxyl groups is 1. The molecule has 1 saturated carbocycles. The third kappa shape index (κ3) is 7.38. The van der Waals surface area contributed by atoms with Crippen molar-refractivity contribution in [2.75, 3.05) is 37.4 Å². The number of ether oxygens (including phenoxy) is 1. The smallest absolute Gasteiger partial charge is 0.321 e. The number of rotatable bonds is 7. The van der Waals surface area contributed by atoms with Crippen LogP contribution in [-0.2, 0) is 16.0 Å². The van der Waals surface area contributed by atoms with Crippen molar-refractivity contribution >= 4 is 29.2 Å². The second-order valence-electron chi connectivity index (χ2n) is 11.5. The van der Waals surface area contributed by atoms with E-state index in [-0.39, 0.29) is 55.3 Å². The quantitative estimate of drug-likeness (QED) is 0.456. The maximum Gasteiger partial charge on any atom is 0.321 e. The van der Waals surface area contributed by atoms with Gasteiger partial charge in [-0.25, -0.2) is 4.79 Å². The minimum atomic E-state index is -0.462. The van der Waals surface area contributed by atoms with Crippen LogP contribution >= 0.6 is 0 Å². The van der Waals surface area contributed by atoms with E-state index in [0.29, 0.717) is 40.7 Å². The van der Waals surface area contributed by atoms with Crippen LogP contribution in [0, 0.1) is 25.7 Å². The molecule has 11 nitrogen and oxygen atoms in total. The molecule has 0 unspecified atom stereocenters. The molecule has 0 spiro atoms. The highest BCUT2D eigenvalue weighted by Crippen LogP contribution is 2.31. The molecule has 0 bridgehead atoms. The van der Waals surface area contributed by atoms with Crippen molar-refractivity contribution in [3.8, 4) is 5.75 Å². The lowest BCUT2D eigenvalue weighted by atomic mass is 9.88. The van der Waals surface area contributed by atoms with Crippen molar-refractivity contribution in [1.82, 2.24) is 15.0 Å². The van der Waals surface area contributed by atoms with E-state index in [0.717, 1.165) is 25.7 Å². The molecule has 1 aromatic heterocycles. The Morgan fingerprint density at radius 1 is 1.20 bits per heavy atom. The number of amides is 4. The minimum absolute atomic E-state index is 0.00468. The summed E-state index contributed by atoms with van der Waals surface area (Å²) in [4.78, 5) is 42.6. The summed E-state index contributed by atoms with van der Waals surface area (Å²) in [5, 5.41) is 19.7. The number of hydrogen-bond acceptors (Lipinski definition) is 7. The second-order valence-corrected chi connectivity index (χ2v) is 11.5. The van der Waals surface area contributed by atoms with Crippen LogP contribution in [0.15, 0.2) is 22.7 Å². The molecule has 4 amide bonds. The predicted molar refractivity (Wildman–Crippen MR) is 155 cm³/mol. The molecule has 1 aliphatic carbocycles. The summed E-state index contributed by atoms with van der Waals surface area (Å²) in [7, 11) is 1.68. The molecule has 1 aliphatic heterocycles. The van der Waals surface area contributed by atoms with E-state index in [1.807, 2.05) is 13.8 Å². The molecule has 2 heterocycles. The van der Waals surface area contributed by atoms with Crippen LogP contribution in [0.1, 0.15) is 63.0 Å². The predicted octanol–water partition coefficient (Wildman–Crippen LogP) is 4.12. The third-order valence-corrected chi connectivity index (χ3v) is 8.23. The molecule has 3 atom stereocenters. The van der Waals surface area contributed by atoms with Gasteiger partial charge in [0.05, 0.1) is 25.6 Å². The number of benzene rings is 1. The van der Waals surface area contributed by atoms with Gasteiger partial charge in [0, 0.05) is 36.7 Å². The Kier molecular flexibility index (Phi) is 9.90. The molecule has 2 aromatic rings. The van der Waals surface area contributed by atoms with Crippen molar-refractivity contribution in [2.24, 2.45) is 11.8 Å². The van der Waals surface area contributed by atoms with E-state index in [1.165, 1.54) is 11.3 Å². The van der Waals surface area contributed by atoms with Crippen molar-refractivity contribution in [3.05, 3.63) is 35.2 Å². The maximum absolute atomic E-state index is 13.5. The van der Waals surface area contributed by atoms with E-state index < -0.39 is 6.10 Å². The first-order valence-electron chi connectivity index (χ1n) is 14.5. The van der Waals surface area contributed by atoms with Gasteiger partial charge in [0.15, 0.2) is 5.76 Å². The fraction of sp³-hybridized carbons (Fsp3) is 0.600. The number of aromatic nitrogens is 1. The Labute approximate surface area is 241 Å². The first-order valence-corrected chi connectivity index (χ1v) is 14.5. The van der Waals surface area contributed by atoms with Gasteiger partial charge >= 0.3 is 6.03 Å². The summed E-state index contributed by atoms with van der Waals surface area (Å²) < 4.78 is 11.7. The lowest BCUT2D eigenvalue weighted by Crippen LogP contribution is -2.48. The topological polar surface area (TPSA) is 137 Å². The van der Waals surface area contributed by atoms with E-state index in [9.17, 15) is 19.5 Å². The van der Waals surface area contributed by atoms with Gasteiger partial charge in [-0.15, -0.1) is 0 Å². The van der Waals surface area contributed by atoms with Crippen LogP contribution in [0.2, 0.25) is 0 Å². The number of anilines is 2. The molecule has 1 aromatic carbocycles. The Hall–Kier alpha value is -3.60. The Bertz CT molecular complexity index is 1220. The molecule has 4 rings (SSSR count). The van der Waals surface area contributed by atoms with E-state index in [2.05, 4.69) is 15.8 Å². The van der Waals surface area contributed by atoms with Gasteiger partial charge < -0.3 is 34.8 Å². The van der Waals surface area contributed by atoms with Crippen molar-refractivity contribution in [3.63, 3.8) is 0 Å². The molecule has 0 saturated heterocycles. The number of aryl methyl sites for hydroxylation is 2. The average molecular weight is 570 g/mol. The molecule has 2 aliphatic rings. The summed E-state index contributed by atoms with van der Waals surface area (Å²) in [6.45, 7) is 7.69. The summed E-state index contributed by atoms with van der Waals surface area (Å²) in [6.07, 6.45) is 4.68. The third-order valence-electron chi connectivity index (χ3n) is 8.23. The van der Waals surface area contributed by atoms with E-state index >= 15 is 0 Å². The zero-order chi connectivity index (χ0) is 29.7. The molecule has 1 fully saturated rings. The van der Waals surface area contributed by atoms with Gasteiger partial charge in [-0.05, 0) is 51.8 Å². The number of urea groups is 1. The molecular formula is C30H43N5O6. The Balaban J connectivity index is 1.57. The van der Waals surface area contributed by atoms with Crippen LogP contribution in [-0.4, -0.2) is 76.8 Å². The Morgan fingerprint density at radius 3 is 2.59 bits per heavy atom. The monoisotopic (exact) mass is 569 g/mol. The van der Waals surface area contributed by atoms with Crippen molar-refractivity contribution < 1.29 is 28.8 Å². The number of hydrogen-bond donors (Lipinski definition) is 3. The minimum Gasteiger partial charge on any atom is -0.488 e. The zero-order valence-electron chi connectivity index (χ0n) is 24.7. The maximum atomic E-state index is 13.5. The first kappa shape index (κ1) is 30.4. The highest BCUT2D eigenvalue weighted by Gasteiger charge is 2.32. The lowest BCUT2D eigenvalue weighted by Gasteiger charge is -2.34. The zero-order valence-corrected chi connectivity index (χ0v) is 24.7. The molecule has 11 heteroatoms. The number of nitrogens with one attached hydrogen (secondary N) is 2. The largest absolute Gasteiger partial charge is 0.488 e. The van der Waals surface area contributed by atoms with Gasteiger partial charge in [0.25, 0.3) is 0 Å². The number of likely N-dealkylation sites (N-methyl/N-ethyl adjacent to an activating group) is 1. The fourth-order valence-electron chi connectivity index (χ4n) is 5.55. The Morgan fingerprint density at radius 2 is 1.93 bits per heavy atom. The molecule has 41 heavy (non-hydrogen) atoms. The van der Waals surface area contributed by atoms with Gasteiger partial charge in [-0.2, -0.15) is 0 Å². The molecule has 0 radical (unpaired) electrons. The number of fused-ring (bicyclic) bond motifs is 1. The number of carbonyl (C=O) groups excluding carboxylic acids is 3. The van der Waals surface area contributed by atoms with Crippen LogP contribution in [0.25, 0.3) is 0 Å². The fourth-order valence-corrected chi connectivity index (χ4v) is 5.55. The van der Waals surface area contributed by atoms with Gasteiger partial charge in [0.2, 0.25) is 11.8 Å². The number of carbonyl (C=O) groups is 3. The highest BCUT2D eigenvalue weighted by atomic mass is 16.5. The van der Waals surface area contributed by atoms with E-state index in [4.69, 9.17) is 9.26 Å². The van der Waals surface area contributed by atoms with E-state index in [1.54, 1.807) is 44.0 Å². The van der Waals surface area contributed by atoms with Crippen LogP contribution in [0.4, 0.5) is 16.2 Å².